The Hall–Kier alpha value is -5.26. The van der Waals surface area contributed by atoms with Crippen molar-refractivity contribution in [1.29, 1.82) is 0 Å². The highest BCUT2D eigenvalue weighted by Gasteiger charge is 2.48. The number of ether oxygens (including phenoxy) is 5. The van der Waals surface area contributed by atoms with Crippen LogP contribution < -0.4 is 18.9 Å². The molecule has 10 nitrogen and oxygen atoms in total. The molecule has 1 unspecified atom stereocenters. The Balaban J connectivity index is 0.000000306. The van der Waals surface area contributed by atoms with E-state index < -0.39 is 11.8 Å². The predicted octanol–water partition coefficient (Wildman–Crippen LogP) is 5.38. The number of carbonyl (C=O) groups excluding carboxylic acids is 2. The molecule has 11 heteroatoms. The van der Waals surface area contributed by atoms with Gasteiger partial charge in [0.2, 0.25) is 0 Å². The maximum atomic E-state index is 13.3. The van der Waals surface area contributed by atoms with E-state index in [1.165, 1.54) is 0 Å². The number of aliphatic hydroxyl groups is 1. The van der Waals surface area contributed by atoms with Crippen LogP contribution in [0.25, 0.3) is 16.6 Å². The first-order valence-corrected chi connectivity index (χ1v) is 14.7. The molecule has 45 heavy (non-hydrogen) atoms. The third-order valence-electron chi connectivity index (χ3n) is 7.42. The molecule has 0 fully saturated rings. The van der Waals surface area contributed by atoms with Crippen LogP contribution in [0.15, 0.2) is 90.5 Å². The van der Waals surface area contributed by atoms with Gasteiger partial charge in [-0.3, -0.25) is 4.79 Å². The minimum atomic E-state index is -1.99. The van der Waals surface area contributed by atoms with Crippen LogP contribution >= 0.6 is 11.7 Å². The number of aldehydes is 1. The van der Waals surface area contributed by atoms with E-state index in [0.29, 0.717) is 63.8 Å². The van der Waals surface area contributed by atoms with Gasteiger partial charge >= 0.3 is 5.97 Å². The van der Waals surface area contributed by atoms with E-state index >= 15 is 0 Å². The van der Waals surface area contributed by atoms with Gasteiger partial charge in [-0.2, -0.15) is 8.75 Å². The molecule has 228 valence electrons. The van der Waals surface area contributed by atoms with Gasteiger partial charge in [0.25, 0.3) is 5.79 Å². The topological polar surface area (TPSA) is 126 Å². The molecular weight excluding hydrogens is 596 g/mol. The molecule has 2 aliphatic rings. The second-order valence-electron chi connectivity index (χ2n) is 10.1. The Morgan fingerprint density at radius 1 is 0.844 bits per heavy atom. The second-order valence-corrected chi connectivity index (χ2v) is 10.7. The summed E-state index contributed by atoms with van der Waals surface area (Å²) in [5.41, 5.74) is 4.66. The predicted molar refractivity (Wildman–Crippen MR) is 167 cm³/mol. The molecule has 0 saturated heterocycles. The lowest BCUT2D eigenvalue weighted by molar-refractivity contribution is -0.185. The number of hydrogen-bond acceptors (Lipinski definition) is 11. The summed E-state index contributed by atoms with van der Waals surface area (Å²) in [5.74, 6) is -0.0534. The monoisotopic (exact) mass is 624 g/mol. The summed E-state index contributed by atoms with van der Waals surface area (Å²) >= 11 is 1.10. The number of aromatic nitrogens is 2. The first-order valence-electron chi connectivity index (χ1n) is 14.0. The van der Waals surface area contributed by atoms with Crippen molar-refractivity contribution in [3.8, 4) is 23.0 Å². The fraction of sp³-hybridized carbons (Fsp3) is 0.176. The maximum absolute atomic E-state index is 13.3. The minimum absolute atomic E-state index is 0.267. The van der Waals surface area contributed by atoms with Crippen LogP contribution in [0.1, 0.15) is 27.0 Å². The van der Waals surface area contributed by atoms with E-state index in [0.717, 1.165) is 34.8 Å². The summed E-state index contributed by atoms with van der Waals surface area (Å²) in [6, 6.07) is 24.8. The molecule has 5 aromatic rings. The summed E-state index contributed by atoms with van der Waals surface area (Å²) in [6.45, 7) is 0.850. The molecule has 0 radical (unpaired) electrons. The minimum Gasteiger partial charge on any atom is -0.497 e. The third kappa shape index (κ3) is 6.08. The van der Waals surface area contributed by atoms with E-state index in [1.807, 2.05) is 24.3 Å². The van der Waals surface area contributed by atoms with E-state index in [2.05, 4.69) is 8.75 Å². The van der Waals surface area contributed by atoms with Crippen molar-refractivity contribution < 1.29 is 38.4 Å². The van der Waals surface area contributed by atoms with Gasteiger partial charge < -0.3 is 28.8 Å². The SMILES string of the molecule is COc1ccc(C=O)cc1.COc1ccc(CC2=C(c3ccc4nsnc4c3)C(=O)OC2(O)c2ccc3c(c2)OCCO3)cc1. The number of hydrogen-bond donors (Lipinski definition) is 1. The number of cyclic esters (lactones) is 1. The number of nitrogens with zero attached hydrogens (tertiary/aromatic N) is 2. The molecule has 0 amide bonds. The van der Waals surface area contributed by atoms with Gasteiger partial charge in [-0.15, -0.1) is 0 Å². The molecule has 7 rings (SSSR count). The average molecular weight is 625 g/mol. The molecule has 0 spiro atoms. The molecular formula is C34H28N2O8S. The summed E-state index contributed by atoms with van der Waals surface area (Å²) in [7, 11) is 3.19. The second kappa shape index (κ2) is 12.8. The fourth-order valence-electron chi connectivity index (χ4n) is 5.09. The quantitative estimate of drug-likeness (QED) is 0.186. The van der Waals surface area contributed by atoms with Crippen molar-refractivity contribution in [2.45, 2.75) is 12.2 Å². The van der Waals surface area contributed by atoms with Crippen molar-refractivity contribution >= 4 is 40.6 Å². The zero-order valence-electron chi connectivity index (χ0n) is 24.4. The Morgan fingerprint density at radius 2 is 1.51 bits per heavy atom. The Morgan fingerprint density at radius 3 is 2.20 bits per heavy atom. The standard InChI is InChI=1S/C26H20N2O6S.C8H8O2/c1-31-18-6-2-15(3-7-18)12-19-24(16-4-8-20-21(13-16)28-35-27-20)25(29)34-26(19,30)17-5-9-22-23(14-17)33-11-10-32-22;1-10-8-4-2-7(6-9)3-5-8/h2-9,13-14,30H,10-12H2,1H3;2-6H,1H3. The number of benzene rings is 4. The summed E-state index contributed by atoms with van der Waals surface area (Å²) in [5, 5.41) is 11.9. The Kier molecular flexibility index (Phi) is 8.45. The largest absolute Gasteiger partial charge is 0.497 e. The lowest BCUT2D eigenvalue weighted by Crippen LogP contribution is -2.30. The van der Waals surface area contributed by atoms with Crippen LogP contribution in [-0.4, -0.2) is 53.5 Å². The summed E-state index contributed by atoms with van der Waals surface area (Å²) < 4.78 is 35.7. The molecule has 1 N–H and O–H groups in total. The highest BCUT2D eigenvalue weighted by molar-refractivity contribution is 7.00. The molecule has 4 aromatic carbocycles. The number of carbonyl (C=O) groups is 2. The van der Waals surface area contributed by atoms with Crippen molar-refractivity contribution in [1.82, 2.24) is 8.75 Å². The van der Waals surface area contributed by atoms with Gasteiger partial charge in [0.1, 0.15) is 42.0 Å². The van der Waals surface area contributed by atoms with E-state index in [1.54, 1.807) is 74.9 Å². The zero-order valence-corrected chi connectivity index (χ0v) is 25.2. The maximum Gasteiger partial charge on any atom is 0.342 e. The van der Waals surface area contributed by atoms with Gasteiger partial charge in [-0.25, -0.2) is 4.79 Å². The Bertz CT molecular complexity index is 1890. The van der Waals surface area contributed by atoms with Crippen molar-refractivity contribution in [3.05, 3.63) is 113 Å². The molecule has 2 aliphatic heterocycles. The Labute approximate surface area is 262 Å². The van der Waals surface area contributed by atoms with E-state index in [9.17, 15) is 14.7 Å². The third-order valence-corrected chi connectivity index (χ3v) is 7.98. The van der Waals surface area contributed by atoms with Crippen LogP contribution in [0.5, 0.6) is 23.0 Å². The normalized spacial score (nSPS) is 16.9. The van der Waals surface area contributed by atoms with Gasteiger partial charge in [0.15, 0.2) is 11.5 Å². The highest BCUT2D eigenvalue weighted by Crippen LogP contribution is 2.47. The first kappa shape index (κ1) is 29.8. The van der Waals surface area contributed by atoms with Gasteiger partial charge in [0.05, 0.1) is 31.5 Å². The van der Waals surface area contributed by atoms with Crippen molar-refractivity contribution in [2.75, 3.05) is 27.4 Å². The van der Waals surface area contributed by atoms with E-state index in [4.69, 9.17) is 23.7 Å². The average Bonchev–Trinajstić information content (AvgIpc) is 3.66. The molecule has 3 heterocycles. The molecule has 1 aromatic heterocycles. The fourth-order valence-corrected chi connectivity index (χ4v) is 5.61. The van der Waals surface area contributed by atoms with Gasteiger partial charge in [-0.1, -0.05) is 18.2 Å². The van der Waals surface area contributed by atoms with Crippen molar-refractivity contribution in [3.63, 3.8) is 0 Å². The number of fused-ring (bicyclic) bond motifs is 2. The molecule has 0 bridgehead atoms. The smallest absolute Gasteiger partial charge is 0.342 e. The van der Waals surface area contributed by atoms with Gasteiger partial charge in [-0.05, 0) is 77.9 Å². The molecule has 1 atom stereocenters. The van der Waals surface area contributed by atoms with Crippen LogP contribution in [0.3, 0.4) is 0 Å². The van der Waals surface area contributed by atoms with Crippen LogP contribution in [-0.2, 0) is 21.7 Å². The first-order chi connectivity index (χ1) is 21.9. The zero-order chi connectivity index (χ0) is 31.4. The number of methoxy groups -OCH3 is 2. The van der Waals surface area contributed by atoms with Crippen LogP contribution in [0.2, 0.25) is 0 Å². The van der Waals surface area contributed by atoms with Crippen molar-refractivity contribution in [2.24, 2.45) is 0 Å². The van der Waals surface area contributed by atoms with Gasteiger partial charge in [0, 0.05) is 23.1 Å². The highest BCUT2D eigenvalue weighted by atomic mass is 32.1. The van der Waals surface area contributed by atoms with Crippen LogP contribution in [0, 0.1) is 0 Å². The van der Waals surface area contributed by atoms with Crippen LogP contribution in [0.4, 0.5) is 0 Å². The summed E-state index contributed by atoms with van der Waals surface area (Å²) in [6.07, 6.45) is 1.07. The molecule has 0 saturated carbocycles. The van der Waals surface area contributed by atoms with E-state index in [-0.39, 0.29) is 6.42 Å². The number of rotatable bonds is 7. The lowest BCUT2D eigenvalue weighted by Gasteiger charge is -2.27. The number of esters is 1. The molecule has 0 aliphatic carbocycles. The lowest BCUT2D eigenvalue weighted by atomic mass is 9.88. The summed E-state index contributed by atoms with van der Waals surface area (Å²) in [4.78, 5) is 23.4.